The minimum absolute atomic E-state index is 0.0155. The number of para-hydroxylation sites is 2. The predicted octanol–water partition coefficient (Wildman–Crippen LogP) is 3.75. The second-order valence-electron chi connectivity index (χ2n) is 9.30. The first kappa shape index (κ1) is 25.6. The number of halogens is 1. The monoisotopic (exact) mass is 495 g/mol. The Morgan fingerprint density at radius 3 is 2.72 bits per heavy atom. The first-order valence-corrected chi connectivity index (χ1v) is 12.5. The lowest BCUT2D eigenvalue weighted by Gasteiger charge is -2.17. The highest BCUT2D eigenvalue weighted by Crippen LogP contribution is 2.22. The Balaban J connectivity index is 1.06. The fraction of sp³-hybridized carbons (Fsp3) is 0.444. The Morgan fingerprint density at radius 1 is 1.11 bits per heavy atom. The fourth-order valence-corrected chi connectivity index (χ4v) is 4.55. The molecule has 1 aliphatic heterocycles. The second-order valence-corrected chi connectivity index (χ2v) is 9.30. The number of ether oxygens (including phenoxy) is 1. The number of amides is 3. The number of fused-ring (bicyclic) bond motifs is 1. The molecule has 1 aromatic heterocycles. The smallest absolute Gasteiger partial charge is 0.317 e. The molecular formula is C27H34FN5O3. The van der Waals surface area contributed by atoms with Gasteiger partial charge in [0, 0.05) is 26.7 Å². The fourth-order valence-electron chi connectivity index (χ4n) is 4.55. The van der Waals surface area contributed by atoms with Crippen LogP contribution in [-0.2, 0) is 29.7 Å². The van der Waals surface area contributed by atoms with Crippen LogP contribution in [0.2, 0.25) is 0 Å². The molecular weight excluding hydrogens is 461 g/mol. The zero-order chi connectivity index (χ0) is 25.3. The average molecular weight is 496 g/mol. The van der Waals surface area contributed by atoms with Crippen LogP contribution in [0.15, 0.2) is 48.5 Å². The van der Waals surface area contributed by atoms with E-state index in [1.165, 1.54) is 12.1 Å². The molecule has 1 unspecified atom stereocenters. The van der Waals surface area contributed by atoms with Crippen molar-refractivity contribution in [3.8, 4) is 0 Å². The van der Waals surface area contributed by atoms with Crippen LogP contribution in [0.4, 0.5) is 9.18 Å². The summed E-state index contributed by atoms with van der Waals surface area (Å²) in [5, 5.41) is 5.88. The van der Waals surface area contributed by atoms with Crippen LogP contribution in [-0.4, -0.2) is 52.6 Å². The number of rotatable bonds is 11. The van der Waals surface area contributed by atoms with Crippen LogP contribution < -0.4 is 10.6 Å². The summed E-state index contributed by atoms with van der Waals surface area (Å²) in [7, 11) is 1.96. The van der Waals surface area contributed by atoms with Gasteiger partial charge in [-0.3, -0.25) is 4.79 Å². The maximum atomic E-state index is 12.9. The largest absolute Gasteiger partial charge is 0.367 e. The van der Waals surface area contributed by atoms with Crippen LogP contribution in [0.5, 0.6) is 0 Å². The van der Waals surface area contributed by atoms with Gasteiger partial charge >= 0.3 is 6.03 Å². The number of urea groups is 1. The van der Waals surface area contributed by atoms with E-state index in [9.17, 15) is 14.0 Å². The lowest BCUT2D eigenvalue weighted by Crippen LogP contribution is -2.38. The maximum absolute atomic E-state index is 12.9. The van der Waals surface area contributed by atoms with Crippen molar-refractivity contribution in [3.63, 3.8) is 0 Å². The number of carbonyl (C=O) groups excluding carboxylic acids is 2. The van der Waals surface area contributed by atoms with E-state index in [1.54, 1.807) is 12.1 Å². The Kier molecular flexibility index (Phi) is 8.89. The number of imidazole rings is 1. The van der Waals surface area contributed by atoms with Gasteiger partial charge in [-0.05, 0) is 55.0 Å². The number of aromatic nitrogens is 2. The van der Waals surface area contributed by atoms with Crippen molar-refractivity contribution >= 4 is 23.0 Å². The number of likely N-dealkylation sites (tertiary alicyclic amines) is 1. The van der Waals surface area contributed by atoms with E-state index in [0.717, 1.165) is 61.2 Å². The average Bonchev–Trinajstić information content (AvgIpc) is 3.48. The molecule has 0 bridgehead atoms. The van der Waals surface area contributed by atoms with E-state index < -0.39 is 0 Å². The van der Waals surface area contributed by atoms with Crippen molar-refractivity contribution in [3.05, 3.63) is 65.7 Å². The lowest BCUT2D eigenvalue weighted by atomic mass is 10.0. The summed E-state index contributed by atoms with van der Waals surface area (Å²) in [4.78, 5) is 31.0. The Labute approximate surface area is 210 Å². The number of nitrogens with zero attached hydrogens (tertiary/aromatic N) is 3. The topological polar surface area (TPSA) is 88.5 Å². The Bertz CT molecular complexity index is 1160. The zero-order valence-electron chi connectivity index (χ0n) is 20.7. The Hall–Kier alpha value is -3.46. The highest BCUT2D eigenvalue weighted by molar-refractivity contribution is 5.77. The zero-order valence-corrected chi connectivity index (χ0v) is 20.7. The molecule has 1 atom stereocenters. The van der Waals surface area contributed by atoms with Crippen molar-refractivity contribution in [2.24, 2.45) is 13.0 Å². The lowest BCUT2D eigenvalue weighted by molar-refractivity contribution is -0.126. The molecule has 0 radical (unpaired) electrons. The molecule has 2 heterocycles. The number of aryl methyl sites for hydroxylation is 1. The molecule has 1 fully saturated rings. The summed E-state index contributed by atoms with van der Waals surface area (Å²) in [5.41, 5.74) is 2.81. The van der Waals surface area contributed by atoms with E-state index >= 15 is 0 Å². The van der Waals surface area contributed by atoms with Gasteiger partial charge in [0.25, 0.3) is 0 Å². The number of hydrogen-bond acceptors (Lipinski definition) is 4. The van der Waals surface area contributed by atoms with E-state index in [4.69, 9.17) is 4.74 Å². The summed E-state index contributed by atoms with van der Waals surface area (Å²) in [6.45, 7) is 2.79. The van der Waals surface area contributed by atoms with E-state index in [-0.39, 0.29) is 31.0 Å². The highest BCUT2D eigenvalue weighted by atomic mass is 19.1. The summed E-state index contributed by atoms with van der Waals surface area (Å²) < 4.78 is 20.3. The molecule has 2 N–H and O–H groups in total. The standard InChI is InChI=1S/C27H34FN5O3/c1-32-24-8-3-2-7-23(24)31-25(32)16-30-27(35)33-15-13-20(17-33)6-4-5-14-29-26(34)19-36-18-21-9-11-22(28)12-10-21/h2-3,7-12,20H,4-6,13-19H2,1H3,(H,29,34)(H,30,35). The van der Waals surface area contributed by atoms with Crippen LogP contribution in [0.25, 0.3) is 11.0 Å². The minimum atomic E-state index is -0.292. The number of carbonyl (C=O) groups is 2. The first-order valence-electron chi connectivity index (χ1n) is 12.5. The normalized spacial score (nSPS) is 15.4. The predicted molar refractivity (Wildman–Crippen MR) is 136 cm³/mol. The molecule has 0 aliphatic carbocycles. The molecule has 36 heavy (non-hydrogen) atoms. The molecule has 4 rings (SSSR count). The molecule has 8 nitrogen and oxygen atoms in total. The van der Waals surface area contributed by atoms with Gasteiger partial charge in [0.1, 0.15) is 18.2 Å². The van der Waals surface area contributed by atoms with Gasteiger partial charge in [-0.1, -0.05) is 30.7 Å². The van der Waals surface area contributed by atoms with Crippen LogP contribution in [0.3, 0.4) is 0 Å². The number of hydrogen-bond donors (Lipinski definition) is 2. The van der Waals surface area contributed by atoms with Crippen molar-refractivity contribution < 1.29 is 18.7 Å². The number of benzene rings is 2. The van der Waals surface area contributed by atoms with Crippen molar-refractivity contribution in [2.45, 2.75) is 38.8 Å². The summed E-state index contributed by atoms with van der Waals surface area (Å²) in [6, 6.07) is 13.9. The van der Waals surface area contributed by atoms with E-state index in [2.05, 4.69) is 15.6 Å². The molecule has 2 aromatic carbocycles. The third kappa shape index (κ3) is 7.04. The van der Waals surface area contributed by atoms with Gasteiger partial charge in [-0.15, -0.1) is 0 Å². The van der Waals surface area contributed by atoms with Gasteiger partial charge in [0.2, 0.25) is 5.91 Å². The molecule has 0 spiro atoms. The second kappa shape index (κ2) is 12.5. The third-order valence-electron chi connectivity index (χ3n) is 6.63. The van der Waals surface area contributed by atoms with Crippen molar-refractivity contribution in [1.29, 1.82) is 0 Å². The van der Waals surface area contributed by atoms with Gasteiger partial charge in [0.15, 0.2) is 0 Å². The third-order valence-corrected chi connectivity index (χ3v) is 6.63. The van der Waals surface area contributed by atoms with E-state index in [1.807, 2.05) is 40.8 Å². The summed E-state index contributed by atoms with van der Waals surface area (Å²) in [5.74, 6) is 0.880. The van der Waals surface area contributed by atoms with Crippen LogP contribution >= 0.6 is 0 Å². The van der Waals surface area contributed by atoms with Gasteiger partial charge in [0.05, 0.1) is 24.2 Å². The molecule has 1 saturated heterocycles. The number of nitrogens with one attached hydrogen (secondary N) is 2. The molecule has 3 amide bonds. The summed E-state index contributed by atoms with van der Waals surface area (Å²) >= 11 is 0. The van der Waals surface area contributed by atoms with Crippen LogP contribution in [0.1, 0.15) is 37.1 Å². The van der Waals surface area contributed by atoms with Gasteiger partial charge < -0.3 is 24.8 Å². The molecule has 3 aromatic rings. The quantitative estimate of drug-likeness (QED) is 0.397. The van der Waals surface area contributed by atoms with Gasteiger partial charge in [-0.2, -0.15) is 0 Å². The molecule has 9 heteroatoms. The SMILES string of the molecule is Cn1c(CNC(=O)N2CCC(CCCCNC(=O)COCc3ccc(F)cc3)C2)nc2ccccc21. The molecule has 1 aliphatic rings. The minimum Gasteiger partial charge on any atom is -0.367 e. The first-order chi connectivity index (χ1) is 17.5. The number of unbranched alkanes of at least 4 members (excludes halogenated alkanes) is 1. The van der Waals surface area contributed by atoms with Crippen molar-refractivity contribution in [2.75, 3.05) is 26.2 Å². The summed E-state index contributed by atoms with van der Waals surface area (Å²) in [6.07, 6.45) is 3.92. The molecule has 0 saturated carbocycles. The van der Waals surface area contributed by atoms with Crippen molar-refractivity contribution in [1.82, 2.24) is 25.1 Å². The Morgan fingerprint density at radius 2 is 1.92 bits per heavy atom. The molecule has 192 valence electrons. The van der Waals surface area contributed by atoms with Gasteiger partial charge in [-0.25, -0.2) is 14.2 Å². The highest BCUT2D eigenvalue weighted by Gasteiger charge is 2.26. The van der Waals surface area contributed by atoms with E-state index in [0.29, 0.717) is 19.0 Å². The maximum Gasteiger partial charge on any atom is 0.317 e. The van der Waals surface area contributed by atoms with Crippen LogP contribution in [0, 0.1) is 11.7 Å².